The molecule has 1 unspecified atom stereocenters. The Labute approximate surface area is 171 Å². The van der Waals surface area contributed by atoms with Gasteiger partial charge in [-0.05, 0) is 30.2 Å². The van der Waals surface area contributed by atoms with Crippen LogP contribution in [0.1, 0.15) is 23.5 Å². The van der Waals surface area contributed by atoms with Crippen LogP contribution in [-0.4, -0.2) is 49.5 Å². The molecule has 0 aromatic heterocycles. The Kier molecular flexibility index (Phi) is 5.28. The first kappa shape index (κ1) is 19.5. The molecular weight excluding hydrogens is 366 g/mol. The summed E-state index contributed by atoms with van der Waals surface area (Å²) in [6, 6.07) is 15.7. The Bertz CT molecular complexity index is 915. The number of carbonyl (C=O) groups excluding carboxylic acids is 2. The van der Waals surface area contributed by atoms with Crippen molar-refractivity contribution in [1.82, 2.24) is 4.90 Å². The number of ether oxygens (including phenoxy) is 1. The van der Waals surface area contributed by atoms with Crippen molar-refractivity contribution < 1.29 is 14.3 Å². The molecule has 0 bridgehead atoms. The Hall–Kier alpha value is -2.86. The van der Waals surface area contributed by atoms with E-state index in [4.69, 9.17) is 10.5 Å². The fourth-order valence-corrected chi connectivity index (χ4v) is 4.44. The van der Waals surface area contributed by atoms with Gasteiger partial charge >= 0.3 is 0 Å². The van der Waals surface area contributed by atoms with Gasteiger partial charge < -0.3 is 20.3 Å². The summed E-state index contributed by atoms with van der Waals surface area (Å²) < 4.78 is 5.43. The van der Waals surface area contributed by atoms with Crippen LogP contribution in [0.25, 0.3) is 0 Å². The number of nitrogens with zero attached hydrogens (tertiary/aromatic N) is 2. The van der Waals surface area contributed by atoms with Crippen LogP contribution < -0.4 is 15.4 Å². The Morgan fingerprint density at radius 1 is 1.10 bits per heavy atom. The van der Waals surface area contributed by atoms with Gasteiger partial charge in [-0.3, -0.25) is 9.59 Å². The van der Waals surface area contributed by atoms with E-state index in [2.05, 4.69) is 12.1 Å². The Morgan fingerprint density at radius 2 is 1.86 bits per heavy atom. The molecule has 3 atom stereocenters. The maximum absolute atomic E-state index is 13.2. The number of aryl methyl sites for hydroxylation is 1. The second-order valence-electron chi connectivity index (χ2n) is 8.00. The predicted molar refractivity (Wildman–Crippen MR) is 112 cm³/mol. The lowest BCUT2D eigenvalue weighted by molar-refractivity contribution is -0.134. The SMILES string of the molecule is COc1ccc(C)cc1N1CC(C(=O)N2C[C@@H](N)[C@H](c3ccccc3)C2)CC1=O. The van der Waals surface area contributed by atoms with Crippen LogP contribution in [0.5, 0.6) is 5.75 Å². The molecule has 0 saturated carbocycles. The van der Waals surface area contributed by atoms with Crippen molar-refractivity contribution in [3.05, 3.63) is 59.7 Å². The first-order valence-corrected chi connectivity index (χ1v) is 10.0. The fourth-order valence-electron chi connectivity index (χ4n) is 4.44. The quantitative estimate of drug-likeness (QED) is 0.865. The number of rotatable bonds is 4. The first-order chi connectivity index (χ1) is 14.0. The topological polar surface area (TPSA) is 75.9 Å². The summed E-state index contributed by atoms with van der Waals surface area (Å²) in [6.45, 7) is 3.47. The summed E-state index contributed by atoms with van der Waals surface area (Å²) in [4.78, 5) is 29.4. The van der Waals surface area contributed by atoms with E-state index >= 15 is 0 Å². The van der Waals surface area contributed by atoms with Crippen LogP contribution in [0, 0.1) is 12.8 Å². The summed E-state index contributed by atoms with van der Waals surface area (Å²) in [5, 5.41) is 0. The van der Waals surface area contributed by atoms with Crippen molar-refractivity contribution in [3.63, 3.8) is 0 Å². The number of nitrogens with two attached hydrogens (primary N) is 1. The van der Waals surface area contributed by atoms with Crippen LogP contribution in [0.3, 0.4) is 0 Å². The minimum Gasteiger partial charge on any atom is -0.495 e. The van der Waals surface area contributed by atoms with Crippen LogP contribution in [0.2, 0.25) is 0 Å². The molecular formula is C23H27N3O3. The van der Waals surface area contributed by atoms with E-state index in [1.54, 1.807) is 12.0 Å². The normalized spacial score (nSPS) is 24.2. The molecule has 29 heavy (non-hydrogen) atoms. The largest absolute Gasteiger partial charge is 0.495 e. The van der Waals surface area contributed by atoms with Crippen LogP contribution in [0.15, 0.2) is 48.5 Å². The maximum Gasteiger partial charge on any atom is 0.228 e. The summed E-state index contributed by atoms with van der Waals surface area (Å²) >= 11 is 0. The first-order valence-electron chi connectivity index (χ1n) is 10.0. The summed E-state index contributed by atoms with van der Waals surface area (Å²) in [5.74, 6) is 0.390. The zero-order valence-electron chi connectivity index (χ0n) is 16.9. The standard InChI is InChI=1S/C23H27N3O3/c1-15-8-9-21(29-2)20(10-15)26-12-17(11-22(26)27)23(28)25-13-18(19(24)14-25)16-6-4-3-5-7-16/h3-10,17-19H,11-14,24H2,1-2H3/t17?,18-,19+/m0/s1. The molecule has 2 amide bonds. The zero-order valence-corrected chi connectivity index (χ0v) is 16.9. The van der Waals surface area contributed by atoms with Gasteiger partial charge in [-0.1, -0.05) is 36.4 Å². The number of likely N-dealkylation sites (tertiary alicyclic amines) is 1. The van der Waals surface area contributed by atoms with Crippen LogP contribution in [0.4, 0.5) is 5.69 Å². The fraction of sp³-hybridized carbons (Fsp3) is 0.391. The third kappa shape index (κ3) is 3.72. The van der Waals surface area contributed by atoms with Crippen LogP contribution >= 0.6 is 0 Å². The lowest BCUT2D eigenvalue weighted by Crippen LogP contribution is -2.37. The number of anilines is 1. The van der Waals surface area contributed by atoms with Gasteiger partial charge in [-0.2, -0.15) is 0 Å². The van der Waals surface area contributed by atoms with Crippen molar-refractivity contribution in [1.29, 1.82) is 0 Å². The molecule has 2 saturated heterocycles. The number of hydrogen-bond acceptors (Lipinski definition) is 4. The molecule has 2 aromatic rings. The average molecular weight is 393 g/mol. The van der Waals surface area contributed by atoms with Gasteiger partial charge in [0, 0.05) is 38.0 Å². The highest BCUT2D eigenvalue weighted by Gasteiger charge is 2.41. The summed E-state index contributed by atoms with van der Waals surface area (Å²) in [6.07, 6.45) is 0.220. The lowest BCUT2D eigenvalue weighted by atomic mass is 9.95. The summed E-state index contributed by atoms with van der Waals surface area (Å²) in [5.41, 5.74) is 9.28. The van der Waals surface area contributed by atoms with Gasteiger partial charge in [0.05, 0.1) is 18.7 Å². The molecule has 6 nitrogen and oxygen atoms in total. The van der Waals surface area contributed by atoms with E-state index < -0.39 is 0 Å². The van der Waals surface area contributed by atoms with Crippen molar-refractivity contribution >= 4 is 17.5 Å². The third-order valence-corrected chi connectivity index (χ3v) is 6.00. The van der Waals surface area contributed by atoms with E-state index in [0.717, 1.165) is 16.8 Å². The minimum atomic E-state index is -0.352. The molecule has 0 spiro atoms. The molecule has 2 heterocycles. The van der Waals surface area contributed by atoms with Gasteiger partial charge in [0.25, 0.3) is 0 Å². The van der Waals surface area contributed by atoms with E-state index in [-0.39, 0.29) is 36.1 Å². The van der Waals surface area contributed by atoms with Crippen molar-refractivity contribution in [2.45, 2.75) is 25.3 Å². The average Bonchev–Trinajstić information content (AvgIpc) is 3.31. The molecule has 6 heteroatoms. The zero-order chi connectivity index (χ0) is 20.5. The van der Waals surface area contributed by atoms with Crippen LogP contribution in [-0.2, 0) is 9.59 Å². The van der Waals surface area contributed by atoms with Gasteiger partial charge in [0.1, 0.15) is 5.75 Å². The van der Waals surface area contributed by atoms with Gasteiger partial charge in [0.15, 0.2) is 0 Å². The van der Waals surface area contributed by atoms with Gasteiger partial charge in [-0.15, -0.1) is 0 Å². The van der Waals surface area contributed by atoms with Gasteiger partial charge in [-0.25, -0.2) is 0 Å². The number of carbonyl (C=O) groups is 2. The Morgan fingerprint density at radius 3 is 2.59 bits per heavy atom. The third-order valence-electron chi connectivity index (χ3n) is 6.00. The Balaban J connectivity index is 1.48. The minimum absolute atomic E-state index is 0.0151. The molecule has 0 aliphatic carbocycles. The molecule has 2 N–H and O–H groups in total. The highest BCUT2D eigenvalue weighted by Crippen LogP contribution is 2.35. The molecule has 0 radical (unpaired) electrons. The number of hydrogen-bond donors (Lipinski definition) is 1. The van der Waals surface area contributed by atoms with Crippen molar-refractivity contribution in [2.75, 3.05) is 31.6 Å². The molecule has 4 rings (SSSR count). The summed E-state index contributed by atoms with van der Waals surface area (Å²) in [7, 11) is 1.59. The molecule has 152 valence electrons. The van der Waals surface area contributed by atoms with E-state index in [0.29, 0.717) is 25.4 Å². The molecule has 2 aliphatic rings. The molecule has 2 aromatic carbocycles. The van der Waals surface area contributed by atoms with E-state index in [1.165, 1.54) is 0 Å². The highest BCUT2D eigenvalue weighted by molar-refractivity contribution is 6.01. The number of amides is 2. The van der Waals surface area contributed by atoms with Crippen molar-refractivity contribution in [3.8, 4) is 5.75 Å². The lowest BCUT2D eigenvalue weighted by Gasteiger charge is -2.22. The maximum atomic E-state index is 13.2. The number of benzene rings is 2. The smallest absolute Gasteiger partial charge is 0.228 e. The number of methoxy groups -OCH3 is 1. The van der Waals surface area contributed by atoms with E-state index in [9.17, 15) is 9.59 Å². The predicted octanol–water partition coefficient (Wildman–Crippen LogP) is 2.31. The second kappa shape index (κ2) is 7.87. The monoisotopic (exact) mass is 393 g/mol. The van der Waals surface area contributed by atoms with Crippen molar-refractivity contribution in [2.24, 2.45) is 11.7 Å². The molecule has 2 fully saturated rings. The highest BCUT2D eigenvalue weighted by atomic mass is 16.5. The second-order valence-corrected chi connectivity index (χ2v) is 8.00. The van der Waals surface area contributed by atoms with Gasteiger partial charge in [0.2, 0.25) is 11.8 Å². The van der Waals surface area contributed by atoms with E-state index in [1.807, 2.05) is 48.2 Å². The molecule has 2 aliphatic heterocycles.